The highest BCUT2D eigenvalue weighted by Gasteiger charge is 2.14. The minimum absolute atomic E-state index is 0.389. The summed E-state index contributed by atoms with van der Waals surface area (Å²) in [4.78, 5) is 23.1. The molecule has 0 aliphatic rings. The molecule has 3 heterocycles. The van der Waals surface area contributed by atoms with E-state index in [-0.39, 0.29) is 0 Å². The maximum atomic E-state index is 11.8. The van der Waals surface area contributed by atoms with Crippen LogP contribution in [0.4, 0.5) is 0 Å². The quantitative estimate of drug-likeness (QED) is 0.461. The van der Waals surface area contributed by atoms with Crippen LogP contribution in [0.1, 0.15) is 5.56 Å². The van der Waals surface area contributed by atoms with Crippen molar-refractivity contribution < 1.29 is 9.15 Å². The number of pyridine rings is 2. The van der Waals surface area contributed by atoms with E-state index in [0.29, 0.717) is 23.9 Å². The van der Waals surface area contributed by atoms with Crippen LogP contribution < -0.4 is 10.5 Å². The first-order valence-corrected chi connectivity index (χ1v) is 9.48. The van der Waals surface area contributed by atoms with E-state index in [9.17, 15) is 4.79 Å². The van der Waals surface area contributed by atoms with E-state index < -0.39 is 5.76 Å². The van der Waals surface area contributed by atoms with Gasteiger partial charge in [0.2, 0.25) is 5.88 Å². The summed E-state index contributed by atoms with van der Waals surface area (Å²) in [6.45, 7) is 0.389. The van der Waals surface area contributed by atoms with Gasteiger partial charge in [0.05, 0.1) is 11.2 Å². The lowest BCUT2D eigenvalue weighted by Gasteiger charge is -2.07. The SMILES string of the molecule is O=c1[nH]c(-c2ccncc2)c(-c2ccc(COc3ccc4ccccc4n3)cc2)o1. The number of aromatic nitrogens is 3. The number of hydrogen-bond donors (Lipinski definition) is 1. The molecule has 0 saturated heterocycles. The van der Waals surface area contributed by atoms with Crippen molar-refractivity contribution in [1.82, 2.24) is 15.0 Å². The van der Waals surface area contributed by atoms with Gasteiger partial charge in [-0.15, -0.1) is 0 Å². The van der Waals surface area contributed by atoms with Crippen LogP contribution in [0.2, 0.25) is 0 Å². The van der Waals surface area contributed by atoms with Gasteiger partial charge < -0.3 is 9.15 Å². The number of hydrogen-bond acceptors (Lipinski definition) is 5. The van der Waals surface area contributed by atoms with E-state index >= 15 is 0 Å². The fraction of sp³-hybridized carbons (Fsp3) is 0.0417. The number of aromatic amines is 1. The van der Waals surface area contributed by atoms with Gasteiger partial charge in [-0.1, -0.05) is 42.5 Å². The summed E-state index contributed by atoms with van der Waals surface area (Å²) in [5.41, 5.74) is 4.15. The zero-order chi connectivity index (χ0) is 20.3. The Morgan fingerprint density at radius 1 is 0.867 bits per heavy atom. The van der Waals surface area contributed by atoms with E-state index in [1.54, 1.807) is 12.4 Å². The summed E-state index contributed by atoms with van der Waals surface area (Å²) in [7, 11) is 0. The van der Waals surface area contributed by atoms with Crippen LogP contribution in [0.25, 0.3) is 33.5 Å². The lowest BCUT2D eigenvalue weighted by molar-refractivity contribution is 0.295. The third kappa shape index (κ3) is 3.58. The molecule has 0 atom stereocenters. The number of nitrogens with one attached hydrogen (secondary N) is 1. The molecule has 0 unspecified atom stereocenters. The van der Waals surface area contributed by atoms with Gasteiger partial charge in [-0.3, -0.25) is 9.97 Å². The Morgan fingerprint density at radius 2 is 1.67 bits per heavy atom. The highest BCUT2D eigenvalue weighted by Crippen LogP contribution is 2.29. The molecule has 146 valence electrons. The number of ether oxygens (including phenoxy) is 1. The lowest BCUT2D eigenvalue weighted by atomic mass is 10.1. The van der Waals surface area contributed by atoms with Gasteiger partial charge in [0.25, 0.3) is 0 Å². The van der Waals surface area contributed by atoms with Crippen LogP contribution in [-0.2, 0) is 6.61 Å². The molecule has 2 aromatic carbocycles. The van der Waals surface area contributed by atoms with Gasteiger partial charge in [0.15, 0.2) is 5.76 Å². The maximum absolute atomic E-state index is 11.8. The molecule has 0 radical (unpaired) electrons. The molecule has 0 saturated carbocycles. The van der Waals surface area contributed by atoms with Gasteiger partial charge >= 0.3 is 5.76 Å². The second-order valence-corrected chi connectivity index (χ2v) is 6.78. The van der Waals surface area contributed by atoms with Crippen LogP contribution in [0, 0.1) is 0 Å². The van der Waals surface area contributed by atoms with Crippen molar-refractivity contribution in [3.8, 4) is 28.5 Å². The summed E-state index contributed by atoms with van der Waals surface area (Å²) in [6.07, 6.45) is 3.34. The third-order valence-electron chi connectivity index (χ3n) is 4.79. The summed E-state index contributed by atoms with van der Waals surface area (Å²) in [6, 6.07) is 23.1. The molecule has 1 N–H and O–H groups in total. The van der Waals surface area contributed by atoms with Crippen molar-refractivity contribution in [3.05, 3.63) is 101 Å². The standard InChI is InChI=1S/C24H17N3O3/c28-24-27-22(18-11-13-25-14-12-18)23(30-24)19-7-5-16(6-8-19)15-29-21-10-9-17-3-1-2-4-20(17)26-21/h1-14H,15H2,(H,27,28). The Kier molecular flexibility index (Phi) is 4.57. The molecule has 6 nitrogen and oxygen atoms in total. The number of benzene rings is 2. The summed E-state index contributed by atoms with van der Waals surface area (Å²) in [5, 5.41) is 1.08. The Hall–Kier alpha value is -4.19. The van der Waals surface area contributed by atoms with Gasteiger partial charge in [-0.2, -0.15) is 0 Å². The number of para-hydroxylation sites is 1. The first-order valence-electron chi connectivity index (χ1n) is 9.48. The number of H-pyrrole nitrogens is 1. The van der Waals surface area contributed by atoms with Crippen molar-refractivity contribution >= 4 is 10.9 Å². The molecule has 5 rings (SSSR count). The average molecular weight is 395 g/mol. The molecule has 3 aromatic heterocycles. The fourth-order valence-electron chi connectivity index (χ4n) is 3.29. The highest BCUT2D eigenvalue weighted by molar-refractivity contribution is 5.79. The molecule has 30 heavy (non-hydrogen) atoms. The van der Waals surface area contributed by atoms with Gasteiger partial charge in [0.1, 0.15) is 6.61 Å². The molecule has 0 bridgehead atoms. The smallest absolute Gasteiger partial charge is 0.417 e. The van der Waals surface area contributed by atoms with Crippen LogP contribution in [-0.4, -0.2) is 15.0 Å². The zero-order valence-corrected chi connectivity index (χ0v) is 15.9. The molecule has 5 aromatic rings. The minimum atomic E-state index is -0.494. The second kappa shape index (κ2) is 7.67. The van der Waals surface area contributed by atoms with Crippen molar-refractivity contribution in [1.29, 1.82) is 0 Å². The molecule has 0 aliphatic heterocycles. The number of oxazole rings is 1. The lowest BCUT2D eigenvalue weighted by Crippen LogP contribution is -1.97. The first-order chi connectivity index (χ1) is 14.8. The first kappa shape index (κ1) is 17.9. The molecule has 0 amide bonds. The molecule has 6 heteroatoms. The van der Waals surface area contributed by atoms with Crippen molar-refractivity contribution in [3.63, 3.8) is 0 Å². The third-order valence-corrected chi connectivity index (χ3v) is 4.79. The van der Waals surface area contributed by atoms with Crippen LogP contribution in [0.15, 0.2) is 94.4 Å². The van der Waals surface area contributed by atoms with E-state index in [0.717, 1.165) is 27.6 Å². The van der Waals surface area contributed by atoms with Crippen LogP contribution in [0.5, 0.6) is 5.88 Å². The zero-order valence-electron chi connectivity index (χ0n) is 15.9. The Bertz CT molecular complexity index is 1360. The van der Waals surface area contributed by atoms with Gasteiger partial charge in [-0.05, 0) is 29.8 Å². The molecule has 0 spiro atoms. The van der Waals surface area contributed by atoms with E-state index in [1.807, 2.05) is 72.8 Å². The Labute approximate surface area is 171 Å². The Balaban J connectivity index is 1.35. The normalized spacial score (nSPS) is 10.9. The van der Waals surface area contributed by atoms with Gasteiger partial charge in [0, 0.05) is 35.0 Å². The highest BCUT2D eigenvalue weighted by atomic mass is 16.5. The largest absolute Gasteiger partial charge is 0.473 e. The van der Waals surface area contributed by atoms with Gasteiger partial charge in [-0.25, -0.2) is 9.78 Å². The van der Waals surface area contributed by atoms with E-state index in [1.165, 1.54) is 0 Å². The number of rotatable bonds is 5. The van der Waals surface area contributed by atoms with E-state index in [4.69, 9.17) is 9.15 Å². The van der Waals surface area contributed by atoms with Crippen molar-refractivity contribution in [2.45, 2.75) is 6.61 Å². The van der Waals surface area contributed by atoms with Crippen molar-refractivity contribution in [2.24, 2.45) is 0 Å². The molecular formula is C24H17N3O3. The van der Waals surface area contributed by atoms with E-state index in [2.05, 4.69) is 15.0 Å². The number of fused-ring (bicyclic) bond motifs is 1. The second-order valence-electron chi connectivity index (χ2n) is 6.78. The summed E-state index contributed by atoms with van der Waals surface area (Å²) >= 11 is 0. The predicted molar refractivity (Wildman–Crippen MR) is 114 cm³/mol. The average Bonchev–Trinajstić information content (AvgIpc) is 3.20. The van der Waals surface area contributed by atoms with Crippen molar-refractivity contribution in [2.75, 3.05) is 0 Å². The Morgan fingerprint density at radius 3 is 2.50 bits per heavy atom. The minimum Gasteiger partial charge on any atom is -0.473 e. The molecule has 0 fully saturated rings. The van der Waals surface area contributed by atoms with Crippen LogP contribution >= 0.6 is 0 Å². The monoisotopic (exact) mass is 395 g/mol. The summed E-state index contributed by atoms with van der Waals surface area (Å²) < 4.78 is 11.2. The summed E-state index contributed by atoms with van der Waals surface area (Å²) in [5.74, 6) is 0.579. The topological polar surface area (TPSA) is 81.0 Å². The predicted octanol–water partition coefficient (Wildman–Crippen LogP) is 4.82. The number of nitrogens with zero attached hydrogens (tertiary/aromatic N) is 2. The fourth-order valence-corrected chi connectivity index (χ4v) is 3.29. The molecule has 0 aliphatic carbocycles. The molecular weight excluding hydrogens is 378 g/mol. The van der Waals surface area contributed by atoms with Crippen LogP contribution in [0.3, 0.4) is 0 Å². The maximum Gasteiger partial charge on any atom is 0.417 e.